The fourth-order valence-electron chi connectivity index (χ4n) is 2.55. The van der Waals surface area contributed by atoms with E-state index < -0.39 is 0 Å². The molecule has 0 bridgehead atoms. The third-order valence-corrected chi connectivity index (χ3v) is 3.70. The summed E-state index contributed by atoms with van der Waals surface area (Å²) in [5.41, 5.74) is -0.0698. The molecule has 0 aromatic carbocycles. The van der Waals surface area contributed by atoms with Gasteiger partial charge in [0, 0.05) is 19.2 Å². The van der Waals surface area contributed by atoms with Crippen molar-refractivity contribution in [3.8, 4) is 0 Å². The molecule has 1 aliphatic rings. The second kappa shape index (κ2) is 5.34. The summed E-state index contributed by atoms with van der Waals surface area (Å²) in [6.07, 6.45) is 5.17. The highest BCUT2D eigenvalue weighted by Gasteiger charge is 2.20. The molecule has 1 fully saturated rings. The van der Waals surface area contributed by atoms with Gasteiger partial charge in [0.1, 0.15) is 5.82 Å². The van der Waals surface area contributed by atoms with Gasteiger partial charge in [0.25, 0.3) is 5.56 Å². The third-order valence-electron chi connectivity index (χ3n) is 3.70. The summed E-state index contributed by atoms with van der Waals surface area (Å²) < 4.78 is 0. The van der Waals surface area contributed by atoms with E-state index in [-0.39, 0.29) is 5.56 Å². The molecule has 0 amide bonds. The summed E-state index contributed by atoms with van der Waals surface area (Å²) in [6.45, 7) is 6.62. The predicted octanol–water partition coefficient (Wildman–Crippen LogP) is 2.03. The van der Waals surface area contributed by atoms with Gasteiger partial charge in [-0.15, -0.1) is 0 Å². The monoisotopic (exact) mass is 235 g/mol. The van der Waals surface area contributed by atoms with Crippen LogP contribution in [0, 0.1) is 11.8 Å². The minimum Gasteiger partial charge on any atom is -0.356 e. The zero-order chi connectivity index (χ0) is 12.3. The first-order valence-corrected chi connectivity index (χ1v) is 6.46. The van der Waals surface area contributed by atoms with Crippen molar-refractivity contribution in [1.29, 1.82) is 0 Å². The molecule has 4 heteroatoms. The second-order valence-corrected chi connectivity index (χ2v) is 5.19. The first-order chi connectivity index (χ1) is 8.16. The number of nitrogens with one attached hydrogen (secondary N) is 1. The molecule has 1 aromatic rings. The van der Waals surface area contributed by atoms with Gasteiger partial charge in [-0.05, 0) is 31.1 Å². The Balaban J connectivity index is 2.06. The van der Waals surface area contributed by atoms with E-state index in [9.17, 15) is 4.79 Å². The Morgan fingerprint density at radius 3 is 2.94 bits per heavy atom. The van der Waals surface area contributed by atoms with Crippen LogP contribution in [0.3, 0.4) is 0 Å². The molecule has 1 aromatic heterocycles. The maximum Gasteiger partial charge on any atom is 0.252 e. The number of H-pyrrole nitrogens is 1. The molecule has 2 heterocycles. The van der Waals surface area contributed by atoms with E-state index in [4.69, 9.17) is 0 Å². The Morgan fingerprint density at radius 2 is 2.24 bits per heavy atom. The molecule has 1 N–H and O–H groups in total. The molecule has 4 nitrogen and oxygen atoms in total. The van der Waals surface area contributed by atoms with Crippen molar-refractivity contribution in [1.82, 2.24) is 9.97 Å². The van der Waals surface area contributed by atoms with E-state index >= 15 is 0 Å². The van der Waals surface area contributed by atoms with Crippen molar-refractivity contribution in [2.45, 2.75) is 33.1 Å². The van der Waals surface area contributed by atoms with Crippen molar-refractivity contribution in [3.63, 3.8) is 0 Å². The van der Waals surface area contributed by atoms with Gasteiger partial charge in [0.15, 0.2) is 0 Å². The molecule has 1 atom stereocenters. The van der Waals surface area contributed by atoms with Gasteiger partial charge in [-0.1, -0.05) is 13.8 Å². The SMILES string of the molecule is CC(C)C1CCCN(c2cc(=O)[nH]cn2)CC1. The first-order valence-electron chi connectivity index (χ1n) is 6.46. The number of nitrogens with zero attached hydrogens (tertiary/aromatic N) is 2. The fourth-order valence-corrected chi connectivity index (χ4v) is 2.55. The van der Waals surface area contributed by atoms with Crippen molar-refractivity contribution in [2.75, 3.05) is 18.0 Å². The number of rotatable bonds is 2. The van der Waals surface area contributed by atoms with E-state index in [0.29, 0.717) is 0 Å². The zero-order valence-electron chi connectivity index (χ0n) is 10.6. The van der Waals surface area contributed by atoms with Crippen LogP contribution in [0.1, 0.15) is 33.1 Å². The summed E-state index contributed by atoms with van der Waals surface area (Å²) in [5.74, 6) is 2.38. The topological polar surface area (TPSA) is 49.0 Å². The lowest BCUT2D eigenvalue weighted by molar-refractivity contribution is 0.351. The quantitative estimate of drug-likeness (QED) is 0.853. The van der Waals surface area contributed by atoms with Crippen LogP contribution in [0.25, 0.3) is 0 Å². The lowest BCUT2D eigenvalue weighted by Gasteiger charge is -2.22. The van der Waals surface area contributed by atoms with Crippen LogP contribution in [-0.4, -0.2) is 23.1 Å². The van der Waals surface area contributed by atoms with Gasteiger partial charge >= 0.3 is 0 Å². The number of hydrogen-bond acceptors (Lipinski definition) is 3. The lowest BCUT2D eigenvalue weighted by Crippen LogP contribution is -2.27. The lowest BCUT2D eigenvalue weighted by atomic mass is 9.89. The summed E-state index contributed by atoms with van der Waals surface area (Å²) in [5, 5.41) is 0. The Hall–Kier alpha value is -1.32. The van der Waals surface area contributed by atoms with E-state index in [1.165, 1.54) is 25.6 Å². The predicted molar refractivity (Wildman–Crippen MR) is 69.2 cm³/mol. The minimum absolute atomic E-state index is 0.0698. The standard InChI is InChI=1S/C13H21N3O/c1-10(2)11-4-3-6-16(7-5-11)12-8-13(17)15-9-14-12/h8-11H,3-7H2,1-2H3,(H,14,15,17). The normalized spacial score (nSPS) is 21.6. The molecule has 0 aliphatic carbocycles. The van der Waals surface area contributed by atoms with Crippen LogP contribution in [-0.2, 0) is 0 Å². The average molecular weight is 235 g/mol. The molecule has 0 radical (unpaired) electrons. The smallest absolute Gasteiger partial charge is 0.252 e. The highest BCUT2D eigenvalue weighted by atomic mass is 16.1. The first kappa shape index (κ1) is 12.1. The summed E-state index contributed by atoms with van der Waals surface area (Å²) in [7, 11) is 0. The van der Waals surface area contributed by atoms with Gasteiger partial charge in [-0.3, -0.25) is 4.79 Å². The molecular weight excluding hydrogens is 214 g/mol. The molecule has 0 saturated carbocycles. The van der Waals surface area contributed by atoms with Crippen molar-refractivity contribution >= 4 is 5.82 Å². The maximum absolute atomic E-state index is 11.3. The fraction of sp³-hybridized carbons (Fsp3) is 0.692. The Morgan fingerprint density at radius 1 is 1.41 bits per heavy atom. The molecule has 94 valence electrons. The van der Waals surface area contributed by atoms with Crippen LogP contribution in [0.15, 0.2) is 17.2 Å². The number of aromatic nitrogens is 2. The molecule has 17 heavy (non-hydrogen) atoms. The molecular formula is C13H21N3O. The van der Waals surface area contributed by atoms with Gasteiger partial charge < -0.3 is 9.88 Å². The molecule has 1 unspecified atom stereocenters. The summed E-state index contributed by atoms with van der Waals surface area (Å²) in [6, 6.07) is 1.59. The Bertz CT molecular complexity index is 413. The number of aromatic amines is 1. The Kier molecular flexibility index (Phi) is 3.82. The van der Waals surface area contributed by atoms with Crippen LogP contribution in [0.5, 0.6) is 0 Å². The average Bonchev–Trinajstić information content (AvgIpc) is 2.54. The second-order valence-electron chi connectivity index (χ2n) is 5.19. The number of anilines is 1. The van der Waals surface area contributed by atoms with Gasteiger partial charge in [0.2, 0.25) is 0 Å². The minimum atomic E-state index is -0.0698. The van der Waals surface area contributed by atoms with Crippen molar-refractivity contribution in [2.24, 2.45) is 11.8 Å². The maximum atomic E-state index is 11.3. The van der Waals surface area contributed by atoms with Gasteiger partial charge in [-0.2, -0.15) is 0 Å². The summed E-state index contributed by atoms with van der Waals surface area (Å²) in [4.78, 5) is 20.3. The molecule has 2 rings (SSSR count). The highest BCUT2D eigenvalue weighted by molar-refractivity contribution is 5.36. The van der Waals surface area contributed by atoms with Gasteiger partial charge in [-0.25, -0.2) is 4.98 Å². The zero-order valence-corrected chi connectivity index (χ0v) is 10.6. The van der Waals surface area contributed by atoms with E-state index in [1.54, 1.807) is 6.07 Å². The van der Waals surface area contributed by atoms with Crippen LogP contribution >= 0.6 is 0 Å². The number of hydrogen-bond donors (Lipinski definition) is 1. The molecule has 0 spiro atoms. The molecule has 1 aliphatic heterocycles. The molecule has 1 saturated heterocycles. The highest BCUT2D eigenvalue weighted by Crippen LogP contribution is 2.25. The van der Waals surface area contributed by atoms with Crippen LogP contribution < -0.4 is 10.5 Å². The van der Waals surface area contributed by atoms with E-state index in [2.05, 4.69) is 28.7 Å². The third kappa shape index (κ3) is 3.08. The Labute approximate surface area is 102 Å². The van der Waals surface area contributed by atoms with Crippen LogP contribution in [0.4, 0.5) is 5.82 Å². The van der Waals surface area contributed by atoms with Crippen molar-refractivity contribution in [3.05, 3.63) is 22.7 Å². The largest absolute Gasteiger partial charge is 0.356 e. The van der Waals surface area contributed by atoms with Crippen molar-refractivity contribution < 1.29 is 0 Å². The van der Waals surface area contributed by atoms with Crippen LogP contribution in [0.2, 0.25) is 0 Å². The summed E-state index contributed by atoms with van der Waals surface area (Å²) >= 11 is 0. The van der Waals surface area contributed by atoms with E-state index in [1.807, 2.05) is 0 Å². The van der Waals surface area contributed by atoms with Gasteiger partial charge in [0.05, 0.1) is 6.33 Å². The van der Waals surface area contributed by atoms with E-state index in [0.717, 1.165) is 30.7 Å².